The molecule has 2 aromatic carbocycles. The number of benzene rings is 2. The summed E-state index contributed by atoms with van der Waals surface area (Å²) in [5.74, 6) is 0.741. The predicted molar refractivity (Wildman–Crippen MR) is 87.6 cm³/mol. The third-order valence-electron chi connectivity index (χ3n) is 3.30. The molecule has 0 fully saturated rings. The minimum atomic E-state index is -3.52. The van der Waals surface area contributed by atoms with Crippen LogP contribution in [0.1, 0.15) is 23.6 Å². The van der Waals surface area contributed by atoms with E-state index in [1.165, 1.54) is 0 Å². The molecule has 0 bridgehead atoms. The second-order valence-electron chi connectivity index (χ2n) is 5.17. The molecular formula is C17H21NO3S. The van der Waals surface area contributed by atoms with Gasteiger partial charge in [0.2, 0.25) is 10.0 Å². The van der Waals surface area contributed by atoms with Crippen molar-refractivity contribution in [2.45, 2.75) is 32.2 Å². The minimum absolute atomic E-state index is 0.233. The Morgan fingerprint density at radius 2 is 1.86 bits per heavy atom. The van der Waals surface area contributed by atoms with Crippen molar-refractivity contribution in [1.29, 1.82) is 0 Å². The van der Waals surface area contributed by atoms with Crippen LogP contribution in [0.4, 0.5) is 0 Å². The van der Waals surface area contributed by atoms with Crippen molar-refractivity contribution in [1.82, 2.24) is 4.72 Å². The lowest BCUT2D eigenvalue weighted by Crippen LogP contribution is -2.24. The van der Waals surface area contributed by atoms with E-state index in [0.717, 1.165) is 22.4 Å². The molecule has 22 heavy (non-hydrogen) atoms. The van der Waals surface area contributed by atoms with Gasteiger partial charge in [-0.1, -0.05) is 29.8 Å². The molecule has 1 N–H and O–H groups in total. The normalized spacial score (nSPS) is 11.4. The van der Waals surface area contributed by atoms with Crippen molar-refractivity contribution in [3.05, 3.63) is 59.2 Å². The molecule has 2 aromatic rings. The molecule has 0 aliphatic heterocycles. The van der Waals surface area contributed by atoms with Gasteiger partial charge in [0.25, 0.3) is 0 Å². The van der Waals surface area contributed by atoms with Crippen molar-refractivity contribution < 1.29 is 13.2 Å². The van der Waals surface area contributed by atoms with Crippen molar-refractivity contribution in [2.24, 2.45) is 0 Å². The van der Waals surface area contributed by atoms with Crippen molar-refractivity contribution in [3.8, 4) is 5.75 Å². The highest BCUT2D eigenvalue weighted by Gasteiger charge is 2.16. The third-order valence-corrected chi connectivity index (χ3v) is 4.86. The van der Waals surface area contributed by atoms with Gasteiger partial charge in [-0.3, -0.25) is 0 Å². The van der Waals surface area contributed by atoms with Gasteiger partial charge >= 0.3 is 0 Å². The zero-order valence-corrected chi connectivity index (χ0v) is 13.9. The van der Waals surface area contributed by atoms with Crippen LogP contribution >= 0.6 is 0 Å². The van der Waals surface area contributed by atoms with Crippen LogP contribution < -0.4 is 9.46 Å². The number of nitrogens with one attached hydrogen (secondary N) is 1. The van der Waals surface area contributed by atoms with Crippen LogP contribution in [0.15, 0.2) is 47.4 Å². The Labute approximate surface area is 132 Å². The summed E-state index contributed by atoms with van der Waals surface area (Å²) < 4.78 is 32.9. The van der Waals surface area contributed by atoms with Crippen LogP contribution in [0.2, 0.25) is 0 Å². The second-order valence-corrected chi connectivity index (χ2v) is 6.91. The van der Waals surface area contributed by atoms with Gasteiger partial charge in [0.05, 0.1) is 11.5 Å². The highest BCUT2D eigenvalue weighted by molar-refractivity contribution is 7.89. The Morgan fingerprint density at radius 1 is 1.09 bits per heavy atom. The SMILES string of the molecule is CCOc1cccc(CNS(=O)(=O)c2ccc(C)cc2C)c1. The molecule has 0 spiro atoms. The van der Waals surface area contributed by atoms with Gasteiger partial charge < -0.3 is 4.74 Å². The maximum atomic E-state index is 12.4. The minimum Gasteiger partial charge on any atom is -0.494 e. The zero-order valence-electron chi connectivity index (χ0n) is 13.1. The Balaban J connectivity index is 2.14. The fraction of sp³-hybridized carbons (Fsp3) is 0.294. The van der Waals surface area contributed by atoms with Crippen LogP contribution in [0.5, 0.6) is 5.75 Å². The summed E-state index contributed by atoms with van der Waals surface area (Å²) in [5, 5.41) is 0. The van der Waals surface area contributed by atoms with E-state index >= 15 is 0 Å². The van der Waals surface area contributed by atoms with Gasteiger partial charge in [-0.15, -0.1) is 0 Å². The molecule has 4 nitrogen and oxygen atoms in total. The van der Waals surface area contributed by atoms with Crippen molar-refractivity contribution in [3.63, 3.8) is 0 Å². The fourth-order valence-electron chi connectivity index (χ4n) is 2.27. The lowest BCUT2D eigenvalue weighted by Gasteiger charge is -2.11. The number of hydrogen-bond acceptors (Lipinski definition) is 3. The number of hydrogen-bond donors (Lipinski definition) is 1. The van der Waals surface area contributed by atoms with E-state index in [0.29, 0.717) is 11.5 Å². The maximum absolute atomic E-state index is 12.4. The Kier molecular flexibility index (Phi) is 5.21. The van der Waals surface area contributed by atoms with E-state index in [-0.39, 0.29) is 6.54 Å². The molecule has 0 aliphatic carbocycles. The Hall–Kier alpha value is -1.85. The molecule has 0 radical (unpaired) electrons. The number of rotatable bonds is 6. The van der Waals surface area contributed by atoms with Gasteiger partial charge in [-0.2, -0.15) is 0 Å². The second kappa shape index (κ2) is 6.94. The van der Waals surface area contributed by atoms with Crippen molar-refractivity contribution in [2.75, 3.05) is 6.61 Å². The van der Waals surface area contributed by atoms with E-state index in [2.05, 4.69) is 4.72 Å². The number of ether oxygens (including phenoxy) is 1. The molecule has 118 valence electrons. The standard InChI is InChI=1S/C17H21NO3S/c1-4-21-16-7-5-6-15(11-16)12-18-22(19,20)17-9-8-13(2)10-14(17)3/h5-11,18H,4,12H2,1-3H3. The summed E-state index contributed by atoms with van der Waals surface area (Å²) in [6, 6.07) is 12.7. The first-order valence-corrected chi connectivity index (χ1v) is 8.69. The smallest absolute Gasteiger partial charge is 0.241 e. The van der Waals surface area contributed by atoms with Crippen LogP contribution in [0.3, 0.4) is 0 Å². The van der Waals surface area contributed by atoms with Gasteiger partial charge in [0, 0.05) is 6.54 Å². The molecule has 0 aromatic heterocycles. The summed E-state index contributed by atoms with van der Waals surface area (Å²) in [5.41, 5.74) is 2.65. The highest BCUT2D eigenvalue weighted by Crippen LogP contribution is 2.18. The topological polar surface area (TPSA) is 55.4 Å². The lowest BCUT2D eigenvalue weighted by molar-refractivity contribution is 0.340. The maximum Gasteiger partial charge on any atom is 0.241 e. The van der Waals surface area contributed by atoms with E-state index in [4.69, 9.17) is 4.74 Å². The molecule has 0 atom stereocenters. The predicted octanol–water partition coefficient (Wildman–Crippen LogP) is 3.18. The number of aryl methyl sites for hydroxylation is 2. The van der Waals surface area contributed by atoms with E-state index in [9.17, 15) is 8.42 Å². The summed E-state index contributed by atoms with van der Waals surface area (Å²) in [6.45, 7) is 6.47. The average Bonchev–Trinajstić information content (AvgIpc) is 2.46. The lowest BCUT2D eigenvalue weighted by atomic mass is 10.2. The largest absolute Gasteiger partial charge is 0.494 e. The van der Waals surface area contributed by atoms with Gasteiger partial charge in [-0.05, 0) is 50.1 Å². The molecular weight excluding hydrogens is 298 g/mol. The van der Waals surface area contributed by atoms with Crippen LogP contribution in [-0.4, -0.2) is 15.0 Å². The van der Waals surface area contributed by atoms with Gasteiger partial charge in [-0.25, -0.2) is 13.1 Å². The monoisotopic (exact) mass is 319 g/mol. The average molecular weight is 319 g/mol. The fourth-order valence-corrected chi connectivity index (χ4v) is 3.51. The number of sulfonamides is 1. The molecule has 0 aliphatic rings. The molecule has 0 heterocycles. The third kappa shape index (κ3) is 4.08. The van der Waals surface area contributed by atoms with Crippen LogP contribution in [-0.2, 0) is 16.6 Å². The van der Waals surface area contributed by atoms with Gasteiger partial charge in [0.15, 0.2) is 0 Å². The molecule has 0 amide bonds. The zero-order chi connectivity index (χ0) is 16.2. The Bertz CT molecular complexity index is 754. The summed E-state index contributed by atoms with van der Waals surface area (Å²) in [7, 11) is -3.52. The Morgan fingerprint density at radius 3 is 2.55 bits per heavy atom. The van der Waals surface area contributed by atoms with Crippen molar-refractivity contribution >= 4 is 10.0 Å². The first kappa shape index (κ1) is 16.5. The van der Waals surface area contributed by atoms with Gasteiger partial charge in [0.1, 0.15) is 5.75 Å². The molecule has 0 unspecified atom stereocenters. The highest BCUT2D eigenvalue weighted by atomic mass is 32.2. The van der Waals surface area contributed by atoms with Crippen LogP contribution in [0, 0.1) is 13.8 Å². The first-order chi connectivity index (χ1) is 10.4. The summed E-state index contributed by atoms with van der Waals surface area (Å²) in [6.07, 6.45) is 0. The summed E-state index contributed by atoms with van der Waals surface area (Å²) >= 11 is 0. The van der Waals surface area contributed by atoms with E-state index in [1.807, 2.05) is 44.2 Å². The summed E-state index contributed by atoms with van der Waals surface area (Å²) in [4.78, 5) is 0.319. The van der Waals surface area contributed by atoms with E-state index in [1.54, 1.807) is 19.1 Å². The molecule has 0 saturated heterocycles. The quantitative estimate of drug-likeness (QED) is 0.889. The molecule has 5 heteroatoms. The van der Waals surface area contributed by atoms with E-state index < -0.39 is 10.0 Å². The van der Waals surface area contributed by atoms with Crippen LogP contribution in [0.25, 0.3) is 0 Å². The first-order valence-electron chi connectivity index (χ1n) is 7.21. The molecule has 2 rings (SSSR count). The molecule has 0 saturated carbocycles.